The smallest absolute Gasteiger partial charge is 0.227 e. The molecule has 0 N–H and O–H groups in total. The van der Waals surface area contributed by atoms with Crippen LogP contribution in [-0.4, -0.2) is 35.7 Å². The zero-order chi connectivity index (χ0) is 25.1. The van der Waals surface area contributed by atoms with E-state index in [4.69, 9.17) is 14.5 Å². The maximum Gasteiger partial charge on any atom is 0.227 e. The van der Waals surface area contributed by atoms with Gasteiger partial charge in [-0.05, 0) is 74.2 Å². The summed E-state index contributed by atoms with van der Waals surface area (Å²) in [5.74, 6) is 2.92. The highest BCUT2D eigenvalue weighted by Gasteiger charge is 2.35. The fourth-order valence-electron chi connectivity index (χ4n) is 5.20. The molecule has 3 aromatic carbocycles. The summed E-state index contributed by atoms with van der Waals surface area (Å²) in [6, 6.07) is 22.1. The Morgan fingerprint density at radius 2 is 1.64 bits per heavy atom. The van der Waals surface area contributed by atoms with Crippen molar-refractivity contribution >= 4 is 22.6 Å². The van der Waals surface area contributed by atoms with Crippen molar-refractivity contribution in [3.8, 4) is 11.5 Å². The van der Waals surface area contributed by atoms with Crippen molar-refractivity contribution in [2.45, 2.75) is 45.6 Å². The summed E-state index contributed by atoms with van der Waals surface area (Å²) in [5.41, 5.74) is 5.42. The minimum absolute atomic E-state index is 0.0689. The molecule has 1 saturated heterocycles. The van der Waals surface area contributed by atoms with Crippen LogP contribution in [0.1, 0.15) is 42.1 Å². The number of para-hydroxylation sites is 3. The molecule has 36 heavy (non-hydrogen) atoms. The zero-order valence-electron chi connectivity index (χ0n) is 21.2. The number of carbonyl (C=O) groups is 1. The molecule has 6 nitrogen and oxygen atoms in total. The maximum atomic E-state index is 13.1. The second-order valence-corrected chi connectivity index (χ2v) is 9.49. The van der Waals surface area contributed by atoms with E-state index in [0.29, 0.717) is 19.6 Å². The van der Waals surface area contributed by atoms with E-state index in [2.05, 4.69) is 48.7 Å². The second-order valence-electron chi connectivity index (χ2n) is 9.49. The van der Waals surface area contributed by atoms with Crippen molar-refractivity contribution in [3.05, 3.63) is 83.7 Å². The summed E-state index contributed by atoms with van der Waals surface area (Å²) < 4.78 is 13.4. The lowest BCUT2D eigenvalue weighted by Gasteiger charge is -2.21. The monoisotopic (exact) mass is 483 g/mol. The van der Waals surface area contributed by atoms with Gasteiger partial charge in [-0.15, -0.1) is 0 Å². The molecule has 2 heterocycles. The van der Waals surface area contributed by atoms with Crippen LogP contribution < -0.4 is 14.4 Å². The Bertz CT molecular complexity index is 1340. The minimum Gasteiger partial charge on any atom is -0.497 e. The number of benzene rings is 3. The van der Waals surface area contributed by atoms with Crippen LogP contribution in [0.25, 0.3) is 11.0 Å². The third kappa shape index (κ3) is 4.81. The number of imidazole rings is 1. The molecule has 1 aliphatic rings. The average Bonchev–Trinajstić information content (AvgIpc) is 3.44. The highest BCUT2D eigenvalue weighted by Crippen LogP contribution is 2.36. The molecule has 4 aromatic rings. The van der Waals surface area contributed by atoms with Crippen molar-refractivity contribution < 1.29 is 14.3 Å². The Morgan fingerprint density at radius 1 is 0.917 bits per heavy atom. The van der Waals surface area contributed by atoms with E-state index in [1.807, 2.05) is 41.3 Å². The predicted octanol–water partition coefficient (Wildman–Crippen LogP) is 6.04. The third-order valence-electron chi connectivity index (χ3n) is 6.99. The highest BCUT2D eigenvalue weighted by atomic mass is 16.5. The number of ether oxygens (including phenoxy) is 2. The molecule has 0 aliphatic carbocycles. The first-order valence-corrected chi connectivity index (χ1v) is 12.6. The largest absolute Gasteiger partial charge is 0.497 e. The number of methoxy groups -OCH3 is 1. The number of amides is 1. The average molecular weight is 484 g/mol. The Labute approximate surface area is 212 Å². The van der Waals surface area contributed by atoms with Gasteiger partial charge in [0, 0.05) is 31.1 Å². The van der Waals surface area contributed by atoms with E-state index in [9.17, 15) is 4.79 Å². The molecule has 6 heteroatoms. The number of hydrogen-bond acceptors (Lipinski definition) is 4. The molecule has 1 aromatic heterocycles. The van der Waals surface area contributed by atoms with E-state index in [0.717, 1.165) is 64.6 Å². The van der Waals surface area contributed by atoms with Gasteiger partial charge in [0.2, 0.25) is 5.91 Å². The summed E-state index contributed by atoms with van der Waals surface area (Å²) in [7, 11) is 1.66. The number of fused-ring (bicyclic) bond motifs is 1. The fraction of sp³-hybridized carbons (Fsp3) is 0.333. The van der Waals surface area contributed by atoms with Gasteiger partial charge in [-0.1, -0.05) is 30.3 Å². The van der Waals surface area contributed by atoms with Gasteiger partial charge in [0.15, 0.2) is 0 Å². The molecule has 1 aliphatic heterocycles. The Kier molecular flexibility index (Phi) is 6.94. The molecule has 1 unspecified atom stereocenters. The summed E-state index contributed by atoms with van der Waals surface area (Å²) in [5, 5.41) is 0. The van der Waals surface area contributed by atoms with E-state index in [1.54, 1.807) is 7.11 Å². The molecular weight excluding hydrogens is 450 g/mol. The van der Waals surface area contributed by atoms with Gasteiger partial charge in [0.05, 0.1) is 24.8 Å². The van der Waals surface area contributed by atoms with Gasteiger partial charge < -0.3 is 18.9 Å². The summed E-state index contributed by atoms with van der Waals surface area (Å²) in [6.07, 6.45) is 2.37. The van der Waals surface area contributed by atoms with Gasteiger partial charge in [-0.25, -0.2) is 4.98 Å². The summed E-state index contributed by atoms with van der Waals surface area (Å²) >= 11 is 0. The summed E-state index contributed by atoms with van der Waals surface area (Å²) in [4.78, 5) is 20.1. The lowest BCUT2D eigenvalue weighted by atomic mass is 10.1. The van der Waals surface area contributed by atoms with Crippen LogP contribution in [0.4, 0.5) is 5.69 Å². The van der Waals surface area contributed by atoms with Crippen LogP contribution >= 0.6 is 0 Å². The Balaban J connectivity index is 1.29. The van der Waals surface area contributed by atoms with Crippen molar-refractivity contribution in [1.82, 2.24) is 9.55 Å². The standard InChI is InChI=1S/C30H33N3O3/c1-21-9-8-10-22(2)29(21)33-20-23(19-28(33)34)30-31-26-11-4-5-12-27(26)32(30)17-6-7-18-36-25-15-13-24(35-3)14-16-25/h4-5,8-16,23H,6-7,17-20H2,1-3H3. The van der Waals surface area contributed by atoms with Crippen molar-refractivity contribution in [1.29, 1.82) is 0 Å². The van der Waals surface area contributed by atoms with Crippen LogP contribution in [-0.2, 0) is 11.3 Å². The van der Waals surface area contributed by atoms with Gasteiger partial charge in [-0.2, -0.15) is 0 Å². The number of unbranched alkanes of at least 4 members (excludes halogenated alkanes) is 1. The fourth-order valence-corrected chi connectivity index (χ4v) is 5.20. The number of aromatic nitrogens is 2. The second kappa shape index (κ2) is 10.4. The van der Waals surface area contributed by atoms with Crippen LogP contribution in [0.15, 0.2) is 66.7 Å². The first-order chi connectivity index (χ1) is 17.5. The molecular formula is C30H33N3O3. The molecule has 0 radical (unpaired) electrons. The van der Waals surface area contributed by atoms with Crippen molar-refractivity contribution in [2.24, 2.45) is 0 Å². The first kappa shape index (κ1) is 23.9. The topological polar surface area (TPSA) is 56.6 Å². The molecule has 0 bridgehead atoms. The van der Waals surface area contributed by atoms with Gasteiger partial charge in [0.1, 0.15) is 17.3 Å². The Hall–Kier alpha value is -3.80. The quantitative estimate of drug-likeness (QED) is 0.272. The number of carbonyl (C=O) groups excluding carboxylic acids is 1. The third-order valence-corrected chi connectivity index (χ3v) is 6.99. The van der Waals surface area contributed by atoms with Gasteiger partial charge in [0.25, 0.3) is 0 Å². The van der Waals surface area contributed by atoms with E-state index < -0.39 is 0 Å². The molecule has 186 valence electrons. The number of nitrogens with zero attached hydrogens (tertiary/aromatic N) is 3. The predicted molar refractivity (Wildman–Crippen MR) is 143 cm³/mol. The molecule has 0 saturated carbocycles. The Morgan fingerprint density at radius 3 is 2.39 bits per heavy atom. The van der Waals surface area contributed by atoms with Gasteiger partial charge >= 0.3 is 0 Å². The minimum atomic E-state index is 0.0689. The highest BCUT2D eigenvalue weighted by molar-refractivity contribution is 5.98. The van der Waals surface area contributed by atoms with E-state index >= 15 is 0 Å². The molecule has 0 spiro atoms. The van der Waals surface area contributed by atoms with Crippen molar-refractivity contribution in [3.63, 3.8) is 0 Å². The number of anilines is 1. The van der Waals surface area contributed by atoms with E-state index in [-0.39, 0.29) is 11.8 Å². The van der Waals surface area contributed by atoms with E-state index in [1.165, 1.54) is 0 Å². The van der Waals surface area contributed by atoms with Crippen LogP contribution in [0, 0.1) is 13.8 Å². The zero-order valence-corrected chi connectivity index (χ0v) is 21.2. The maximum absolute atomic E-state index is 13.1. The summed E-state index contributed by atoms with van der Waals surface area (Å²) in [6.45, 7) is 6.30. The number of hydrogen-bond donors (Lipinski definition) is 0. The van der Waals surface area contributed by atoms with Crippen LogP contribution in [0.3, 0.4) is 0 Å². The van der Waals surface area contributed by atoms with Crippen LogP contribution in [0.2, 0.25) is 0 Å². The SMILES string of the molecule is COc1ccc(OCCCCn2c(C3CC(=O)N(c4c(C)cccc4C)C3)nc3ccccc32)cc1. The van der Waals surface area contributed by atoms with Gasteiger partial charge in [-0.3, -0.25) is 4.79 Å². The lowest BCUT2D eigenvalue weighted by molar-refractivity contribution is -0.117. The molecule has 1 amide bonds. The molecule has 5 rings (SSSR count). The molecule has 1 fully saturated rings. The number of rotatable bonds is 9. The van der Waals surface area contributed by atoms with Crippen LogP contribution in [0.5, 0.6) is 11.5 Å². The lowest BCUT2D eigenvalue weighted by Crippen LogP contribution is -2.26. The number of aryl methyl sites for hydroxylation is 3. The molecule has 1 atom stereocenters. The first-order valence-electron chi connectivity index (χ1n) is 12.6. The van der Waals surface area contributed by atoms with Crippen molar-refractivity contribution in [2.75, 3.05) is 25.2 Å². The normalized spacial score (nSPS) is 15.6.